The maximum Gasteiger partial charge on any atom is 0.319 e. The Morgan fingerprint density at radius 2 is 1.79 bits per heavy atom. The van der Waals surface area contributed by atoms with Crippen LogP contribution >= 0.6 is 0 Å². The van der Waals surface area contributed by atoms with Crippen LogP contribution in [0, 0.1) is 0 Å². The molecule has 1 saturated carbocycles. The lowest BCUT2D eigenvalue weighted by atomic mass is 10.1. The first-order chi connectivity index (χ1) is 13.6. The summed E-state index contributed by atoms with van der Waals surface area (Å²) in [5.74, 6) is 0.558. The fraction of sp³-hybridized carbons (Fsp3) is 0.238. The van der Waals surface area contributed by atoms with Gasteiger partial charge in [0.05, 0.1) is 19.8 Å². The number of hydrogen-bond donors (Lipinski definition) is 3. The van der Waals surface area contributed by atoms with Crippen molar-refractivity contribution in [1.82, 2.24) is 5.32 Å². The quantitative estimate of drug-likeness (QED) is 0.605. The van der Waals surface area contributed by atoms with Crippen molar-refractivity contribution in [2.24, 2.45) is 0 Å². The second-order valence-corrected chi connectivity index (χ2v) is 6.80. The number of carbonyl (C=O) groups excluding carboxylic acids is 2. The second-order valence-electron chi connectivity index (χ2n) is 6.80. The minimum Gasteiger partial charge on any atom is -0.497 e. The van der Waals surface area contributed by atoms with Crippen LogP contribution < -0.4 is 20.7 Å². The first-order valence-corrected chi connectivity index (χ1v) is 9.12. The molecule has 2 aromatic carbocycles. The van der Waals surface area contributed by atoms with E-state index >= 15 is 0 Å². The van der Waals surface area contributed by atoms with Crippen molar-refractivity contribution in [3.05, 3.63) is 54.3 Å². The number of anilines is 2. The molecular formula is C21H21N3O4. The number of rotatable bonds is 6. The van der Waals surface area contributed by atoms with E-state index in [2.05, 4.69) is 16.0 Å². The molecule has 7 heteroatoms. The van der Waals surface area contributed by atoms with Gasteiger partial charge in [0.25, 0.3) is 0 Å². The predicted octanol–water partition coefficient (Wildman–Crippen LogP) is 3.91. The van der Waals surface area contributed by atoms with Gasteiger partial charge in [0.1, 0.15) is 11.3 Å². The van der Waals surface area contributed by atoms with Crippen molar-refractivity contribution in [1.29, 1.82) is 0 Å². The van der Waals surface area contributed by atoms with Crippen molar-refractivity contribution in [3.8, 4) is 5.75 Å². The summed E-state index contributed by atoms with van der Waals surface area (Å²) in [5.41, 5.74) is 2.82. The number of hydrogen-bond acceptors (Lipinski definition) is 4. The summed E-state index contributed by atoms with van der Waals surface area (Å²) in [6.45, 7) is 0. The van der Waals surface area contributed by atoms with E-state index < -0.39 is 0 Å². The average Bonchev–Trinajstić information content (AvgIpc) is 3.42. The van der Waals surface area contributed by atoms with Crippen molar-refractivity contribution in [2.45, 2.75) is 25.3 Å². The number of carbonyl (C=O) groups is 2. The SMILES string of the molecule is COc1ccc2c(CC(=O)Nc3ccc(NC(=O)NC4CC4)cc3)coc2c1. The van der Waals surface area contributed by atoms with Crippen molar-refractivity contribution in [3.63, 3.8) is 0 Å². The third kappa shape index (κ3) is 4.25. The molecule has 1 aromatic heterocycles. The lowest BCUT2D eigenvalue weighted by Crippen LogP contribution is -2.30. The predicted molar refractivity (Wildman–Crippen MR) is 107 cm³/mol. The Labute approximate surface area is 162 Å². The summed E-state index contributed by atoms with van der Waals surface area (Å²) < 4.78 is 10.7. The van der Waals surface area contributed by atoms with Gasteiger partial charge in [-0.25, -0.2) is 4.79 Å². The minimum atomic E-state index is -0.206. The standard InChI is InChI=1S/C21H21N3O4/c1-27-17-8-9-18-13(12-28-19(18)11-17)10-20(25)22-14-2-4-15(5-3-14)23-21(26)24-16-6-7-16/h2-5,8-9,11-12,16H,6-7,10H2,1H3,(H,22,25)(H2,23,24,26). The van der Waals surface area contributed by atoms with E-state index in [1.807, 2.05) is 12.1 Å². The Kier molecular flexibility index (Phi) is 4.89. The van der Waals surface area contributed by atoms with Crippen LogP contribution in [0.15, 0.2) is 53.1 Å². The second kappa shape index (κ2) is 7.64. The zero-order valence-electron chi connectivity index (χ0n) is 15.5. The zero-order chi connectivity index (χ0) is 19.5. The molecule has 4 rings (SSSR count). The van der Waals surface area contributed by atoms with Gasteiger partial charge < -0.3 is 25.1 Å². The highest BCUT2D eigenvalue weighted by atomic mass is 16.5. The molecule has 0 atom stereocenters. The van der Waals surface area contributed by atoms with Gasteiger partial charge in [0, 0.05) is 34.4 Å². The smallest absolute Gasteiger partial charge is 0.319 e. The topological polar surface area (TPSA) is 92.6 Å². The van der Waals surface area contributed by atoms with E-state index in [4.69, 9.17) is 9.15 Å². The molecule has 3 amide bonds. The number of ether oxygens (including phenoxy) is 1. The number of urea groups is 1. The molecule has 28 heavy (non-hydrogen) atoms. The maximum absolute atomic E-state index is 12.4. The molecule has 0 aliphatic heterocycles. The molecule has 0 bridgehead atoms. The molecule has 1 aliphatic carbocycles. The van der Waals surface area contributed by atoms with Crippen LogP contribution in [0.2, 0.25) is 0 Å². The van der Waals surface area contributed by atoms with Gasteiger partial charge in [-0.1, -0.05) is 0 Å². The van der Waals surface area contributed by atoms with Crippen LogP contribution in [-0.4, -0.2) is 25.1 Å². The van der Waals surface area contributed by atoms with Gasteiger partial charge in [-0.15, -0.1) is 0 Å². The van der Waals surface area contributed by atoms with Gasteiger partial charge in [-0.3, -0.25) is 4.79 Å². The molecule has 1 aliphatic rings. The third-order valence-electron chi connectivity index (χ3n) is 4.55. The van der Waals surface area contributed by atoms with Gasteiger partial charge in [-0.05, 0) is 49.2 Å². The number of methoxy groups -OCH3 is 1. The van der Waals surface area contributed by atoms with E-state index in [1.165, 1.54) is 0 Å². The highest BCUT2D eigenvalue weighted by molar-refractivity contribution is 5.96. The number of fused-ring (bicyclic) bond motifs is 1. The Hall–Kier alpha value is -3.48. The van der Waals surface area contributed by atoms with E-state index in [-0.39, 0.29) is 18.4 Å². The van der Waals surface area contributed by atoms with Crippen molar-refractivity contribution >= 4 is 34.3 Å². The van der Waals surface area contributed by atoms with E-state index in [1.54, 1.807) is 43.7 Å². The Balaban J connectivity index is 1.35. The molecule has 144 valence electrons. The number of amides is 3. The Morgan fingerprint density at radius 1 is 1.07 bits per heavy atom. The summed E-state index contributed by atoms with van der Waals surface area (Å²) in [6, 6.07) is 12.6. The van der Waals surface area contributed by atoms with Crippen LogP contribution in [0.5, 0.6) is 5.75 Å². The normalized spacial score (nSPS) is 13.2. The minimum absolute atomic E-state index is 0.147. The fourth-order valence-electron chi connectivity index (χ4n) is 2.92. The number of nitrogens with one attached hydrogen (secondary N) is 3. The van der Waals surface area contributed by atoms with E-state index in [9.17, 15) is 9.59 Å². The maximum atomic E-state index is 12.4. The monoisotopic (exact) mass is 379 g/mol. The van der Waals surface area contributed by atoms with Crippen molar-refractivity contribution in [2.75, 3.05) is 17.7 Å². The first kappa shape index (κ1) is 17.9. The van der Waals surface area contributed by atoms with Crippen LogP contribution in [0.1, 0.15) is 18.4 Å². The molecule has 0 spiro atoms. The molecule has 1 fully saturated rings. The number of benzene rings is 2. The highest BCUT2D eigenvalue weighted by Crippen LogP contribution is 2.26. The summed E-state index contributed by atoms with van der Waals surface area (Å²) in [4.78, 5) is 24.1. The molecule has 1 heterocycles. The lowest BCUT2D eigenvalue weighted by Gasteiger charge is -2.08. The van der Waals surface area contributed by atoms with Crippen LogP contribution in [-0.2, 0) is 11.2 Å². The molecule has 0 radical (unpaired) electrons. The molecule has 7 nitrogen and oxygen atoms in total. The van der Waals surface area contributed by atoms with Crippen LogP contribution in [0.4, 0.5) is 16.2 Å². The van der Waals surface area contributed by atoms with Crippen LogP contribution in [0.25, 0.3) is 11.0 Å². The average molecular weight is 379 g/mol. The van der Waals surface area contributed by atoms with E-state index in [0.717, 1.165) is 23.8 Å². The van der Waals surface area contributed by atoms with Crippen LogP contribution in [0.3, 0.4) is 0 Å². The zero-order valence-corrected chi connectivity index (χ0v) is 15.5. The lowest BCUT2D eigenvalue weighted by molar-refractivity contribution is -0.115. The summed E-state index contributed by atoms with van der Waals surface area (Å²) in [6.07, 6.45) is 3.87. The third-order valence-corrected chi connectivity index (χ3v) is 4.55. The first-order valence-electron chi connectivity index (χ1n) is 9.12. The van der Waals surface area contributed by atoms with Gasteiger partial charge >= 0.3 is 6.03 Å². The molecule has 0 saturated heterocycles. The molecular weight excluding hydrogens is 358 g/mol. The van der Waals surface area contributed by atoms with E-state index in [0.29, 0.717) is 28.7 Å². The Bertz CT molecular complexity index is 1010. The van der Waals surface area contributed by atoms with Gasteiger partial charge in [0.2, 0.25) is 5.91 Å². The fourth-order valence-corrected chi connectivity index (χ4v) is 2.92. The molecule has 3 N–H and O–H groups in total. The molecule has 0 unspecified atom stereocenters. The van der Waals surface area contributed by atoms with Gasteiger partial charge in [0.15, 0.2) is 0 Å². The highest BCUT2D eigenvalue weighted by Gasteiger charge is 2.23. The largest absolute Gasteiger partial charge is 0.497 e. The van der Waals surface area contributed by atoms with Crippen molar-refractivity contribution < 1.29 is 18.7 Å². The summed E-state index contributed by atoms with van der Waals surface area (Å²) in [5, 5.41) is 9.38. The molecule has 3 aromatic rings. The summed E-state index contributed by atoms with van der Waals surface area (Å²) >= 11 is 0. The summed E-state index contributed by atoms with van der Waals surface area (Å²) in [7, 11) is 1.60. The van der Waals surface area contributed by atoms with Gasteiger partial charge in [-0.2, -0.15) is 0 Å². The number of furan rings is 1. The Morgan fingerprint density at radius 3 is 2.46 bits per heavy atom.